The number of anilines is 3. The molecule has 5 amide bonds. The SMILES string of the molecule is CN1C(C)(C)CC(CCN(c2nc(N(CCN3CC(C)(C)N(C)C(C)(C)C3=O)C3CCCCC3)nc(N(CN3CC(C)(C)N(C)C(C)(C)C3=O)C3CCCCC3)n2)C2CCCCC2)C(=O)C1(C)C.CN1C(C)(C)CN(CCN2CC(C)(C)N(C)C(C)(C)C2=O)C(=O)C1(C)C.CN1C(C)(C)CN(CCNC2CCCCC2)C(=O)C1(C)C. The molecular weight excluding hydrogens is 1440 g/mol. The molecule has 0 radical (unpaired) electrons. The van der Waals surface area contributed by atoms with Crippen molar-refractivity contribution in [3.05, 3.63) is 0 Å². The highest BCUT2D eigenvalue weighted by Crippen LogP contribution is 2.43. The second kappa shape index (κ2) is 35.3. The average Bonchev–Trinajstić information content (AvgIpc) is 0.776. The molecule has 6 saturated heterocycles. The molecule has 24 heteroatoms. The minimum absolute atomic E-state index is 0.0300. The molecule has 0 aromatic carbocycles. The van der Waals surface area contributed by atoms with Crippen LogP contribution in [0.2, 0.25) is 0 Å². The van der Waals surface area contributed by atoms with Gasteiger partial charge in [0.25, 0.3) is 0 Å². The smallest absolute Gasteiger partial charge is 0.244 e. The van der Waals surface area contributed by atoms with E-state index in [1.807, 2.05) is 65.4 Å². The topological polar surface area (TPSA) is 198 Å². The summed E-state index contributed by atoms with van der Waals surface area (Å²) < 4.78 is 0. The highest BCUT2D eigenvalue weighted by Gasteiger charge is 2.55. The van der Waals surface area contributed by atoms with Crippen LogP contribution in [0.3, 0.4) is 0 Å². The molecule has 4 aliphatic carbocycles. The molecular formula is C91H166N18O6. The zero-order valence-electron chi connectivity index (χ0n) is 78.7. The number of rotatable bonds is 21. The molecule has 6 aliphatic heterocycles. The number of nitrogens with one attached hydrogen (secondary N) is 1. The fourth-order valence-corrected chi connectivity index (χ4v) is 21.8. The third-order valence-electron chi connectivity index (χ3n) is 31.3. The van der Waals surface area contributed by atoms with Crippen molar-refractivity contribution in [1.29, 1.82) is 0 Å². The minimum atomic E-state index is -0.677. The highest BCUT2D eigenvalue weighted by molar-refractivity contribution is 5.91. The predicted molar refractivity (Wildman–Crippen MR) is 469 cm³/mol. The van der Waals surface area contributed by atoms with Gasteiger partial charge in [0.05, 0.1) is 39.9 Å². The molecule has 24 nitrogen and oxygen atoms in total. The van der Waals surface area contributed by atoms with Gasteiger partial charge >= 0.3 is 0 Å². The van der Waals surface area contributed by atoms with Crippen LogP contribution in [0.4, 0.5) is 17.8 Å². The van der Waals surface area contributed by atoms with E-state index < -0.39 is 33.2 Å². The normalized spacial score (nSPS) is 27.6. The standard InChI is InChI=1S/C54H95N11O3.C20H38N4O2.C17H33N3O/c1-49(2)35-39(43(66)52(7,8)58(49)13)31-32-63(40-25-19-16-20-26-40)46-55-47(64(41-27-21-17-22-28-41)34-33-61-36-50(3,4)59(14)53(9,10)44(61)67)57-48(56-46)65(42-29-23-18-24-30-42)38-62-37-51(5,6)60(15)54(11,12)45(62)68;1-17(2)13-23(15(25)19(5,6)21(17)9)11-12-24-14-18(3,4)22(10)20(7,8)16(24)26;1-16(2)13-20(15(21)17(3,4)19(16)5)12-11-18-14-9-7-6-8-10-14/h39-42H,16-38H2,1-15H3;11-14H2,1-10H3;14,18H,6-13H2,1-5H3. The van der Waals surface area contributed by atoms with E-state index in [1.54, 1.807) is 0 Å². The number of carbonyl (C=O) groups excluding carboxylic acids is 6. The Labute approximate surface area is 698 Å². The Bertz CT molecular complexity index is 3370. The molecule has 1 aromatic heterocycles. The molecule has 0 bridgehead atoms. The first-order valence-corrected chi connectivity index (χ1v) is 45.2. The maximum Gasteiger partial charge on any atom is 0.244 e. The number of amides is 5. The number of piperazine rings is 5. The Balaban J connectivity index is 0.000000260. The lowest BCUT2D eigenvalue weighted by atomic mass is 9.72. The lowest BCUT2D eigenvalue weighted by Gasteiger charge is -2.55. The summed E-state index contributed by atoms with van der Waals surface area (Å²) in [5.41, 5.74) is -4.05. The summed E-state index contributed by atoms with van der Waals surface area (Å²) in [6, 6.07) is 1.31. The van der Waals surface area contributed by atoms with Gasteiger partial charge in [-0.3, -0.25) is 58.2 Å². The van der Waals surface area contributed by atoms with E-state index in [-0.39, 0.29) is 86.8 Å². The molecule has 10 aliphatic rings. The van der Waals surface area contributed by atoms with Gasteiger partial charge in [-0.1, -0.05) is 77.0 Å². The quantitative estimate of drug-likeness (QED) is 0.122. The van der Waals surface area contributed by atoms with Crippen LogP contribution >= 0.6 is 0 Å². The number of ketones is 1. The maximum absolute atomic E-state index is 14.6. The summed E-state index contributed by atoms with van der Waals surface area (Å²) in [6.07, 6.45) is 25.0. The summed E-state index contributed by atoms with van der Waals surface area (Å²) in [4.78, 5) is 130. The van der Waals surface area contributed by atoms with Crippen LogP contribution in [0.15, 0.2) is 0 Å². The van der Waals surface area contributed by atoms with Crippen LogP contribution in [-0.2, 0) is 28.8 Å². The highest BCUT2D eigenvalue weighted by atomic mass is 16.2. The summed E-state index contributed by atoms with van der Waals surface area (Å²) in [6.45, 7) is 59.7. The fraction of sp³-hybridized carbons (Fsp3) is 0.901. The molecule has 115 heavy (non-hydrogen) atoms. The van der Waals surface area contributed by atoms with Crippen LogP contribution in [0.25, 0.3) is 0 Å². The van der Waals surface area contributed by atoms with Crippen molar-refractivity contribution >= 4 is 53.2 Å². The monoisotopic (exact) mass is 1610 g/mol. The zero-order valence-corrected chi connectivity index (χ0v) is 78.7. The van der Waals surface area contributed by atoms with Crippen molar-refractivity contribution in [2.24, 2.45) is 5.92 Å². The number of likely N-dealkylation sites (N-methyl/N-ethyl adjacent to an activating group) is 6. The van der Waals surface area contributed by atoms with Gasteiger partial charge in [-0.25, -0.2) is 0 Å². The van der Waals surface area contributed by atoms with Crippen molar-refractivity contribution < 1.29 is 28.8 Å². The summed E-state index contributed by atoms with van der Waals surface area (Å²) in [7, 11) is 12.4. The van der Waals surface area contributed by atoms with E-state index in [9.17, 15) is 28.8 Å². The van der Waals surface area contributed by atoms with E-state index >= 15 is 0 Å². The van der Waals surface area contributed by atoms with Gasteiger partial charge in [-0.15, -0.1) is 0 Å². The Hall–Kier alpha value is -4.85. The maximum atomic E-state index is 14.6. The predicted octanol–water partition coefficient (Wildman–Crippen LogP) is 12.3. The second-order valence-electron chi connectivity index (χ2n) is 43.9. The number of likely N-dealkylation sites (tertiary alicyclic amines) is 1. The lowest BCUT2D eigenvalue weighted by molar-refractivity contribution is -0.162. The third kappa shape index (κ3) is 20.0. The molecule has 656 valence electrons. The van der Waals surface area contributed by atoms with Crippen LogP contribution in [-0.4, -0.2) is 322 Å². The van der Waals surface area contributed by atoms with Gasteiger partial charge < -0.3 is 44.5 Å². The van der Waals surface area contributed by atoms with Crippen LogP contribution in [0, 0.1) is 5.92 Å². The van der Waals surface area contributed by atoms with Crippen molar-refractivity contribution in [3.63, 3.8) is 0 Å². The number of hydrogen-bond donors (Lipinski definition) is 1. The van der Waals surface area contributed by atoms with Gasteiger partial charge in [0.15, 0.2) is 5.78 Å². The third-order valence-corrected chi connectivity index (χ3v) is 31.3. The van der Waals surface area contributed by atoms with Gasteiger partial charge in [0.2, 0.25) is 47.4 Å². The Morgan fingerprint density at radius 2 is 0.583 bits per heavy atom. The number of nitrogens with zero attached hydrogens (tertiary/aromatic N) is 17. The first kappa shape index (κ1) is 94.0. The van der Waals surface area contributed by atoms with Crippen molar-refractivity contribution in [1.82, 2.24) is 74.2 Å². The molecule has 10 fully saturated rings. The number of hydrogen-bond acceptors (Lipinski definition) is 19. The van der Waals surface area contributed by atoms with Crippen LogP contribution in [0.1, 0.15) is 307 Å². The van der Waals surface area contributed by atoms with Gasteiger partial charge in [0.1, 0.15) is 0 Å². The van der Waals surface area contributed by atoms with Gasteiger partial charge in [0, 0.05) is 142 Å². The number of piperidine rings is 1. The van der Waals surface area contributed by atoms with E-state index in [0.29, 0.717) is 95.2 Å². The van der Waals surface area contributed by atoms with Crippen LogP contribution in [0.5, 0.6) is 0 Å². The van der Waals surface area contributed by atoms with E-state index in [1.165, 1.54) is 51.4 Å². The molecule has 1 atom stereocenters. The molecule has 7 heterocycles. The molecule has 11 rings (SSSR count). The van der Waals surface area contributed by atoms with E-state index in [4.69, 9.17) is 15.0 Å². The molecule has 1 aromatic rings. The first-order valence-electron chi connectivity index (χ1n) is 45.2. The van der Waals surface area contributed by atoms with Crippen LogP contribution < -0.4 is 20.0 Å². The second-order valence-corrected chi connectivity index (χ2v) is 43.9. The Morgan fingerprint density at radius 3 is 0.930 bits per heavy atom. The van der Waals surface area contributed by atoms with Crippen molar-refractivity contribution in [2.75, 3.05) is 142 Å². The number of aromatic nitrogens is 3. The van der Waals surface area contributed by atoms with Gasteiger partial charge in [-0.05, 0) is 273 Å². The minimum Gasteiger partial charge on any atom is -0.338 e. The largest absolute Gasteiger partial charge is 0.338 e. The average molecular weight is 1610 g/mol. The van der Waals surface area contributed by atoms with E-state index in [0.717, 1.165) is 110 Å². The Kier molecular flexibility index (Phi) is 28.9. The number of Topliss-reactive ketones (excluding diaryl/α,β-unsaturated/α-hetero) is 1. The molecule has 4 saturated carbocycles. The molecule has 0 spiro atoms. The summed E-state index contributed by atoms with van der Waals surface area (Å²) in [5, 5.41) is 3.65. The zero-order chi connectivity index (χ0) is 85.7. The van der Waals surface area contributed by atoms with Crippen molar-refractivity contribution in [3.8, 4) is 0 Å². The van der Waals surface area contributed by atoms with Gasteiger partial charge in [-0.2, -0.15) is 15.0 Å². The summed E-state index contributed by atoms with van der Waals surface area (Å²) in [5.74, 6) is 3.08. The van der Waals surface area contributed by atoms with Crippen molar-refractivity contribution in [2.45, 2.75) is 398 Å². The first-order chi connectivity index (χ1) is 53.0. The number of carbonyl (C=O) groups is 6. The molecule has 1 unspecified atom stereocenters. The summed E-state index contributed by atoms with van der Waals surface area (Å²) >= 11 is 0. The lowest BCUT2D eigenvalue weighted by Crippen LogP contribution is -2.72. The Morgan fingerprint density at radius 1 is 0.313 bits per heavy atom. The fourth-order valence-electron chi connectivity index (χ4n) is 21.8. The van der Waals surface area contributed by atoms with E-state index in [2.05, 4.69) is 217 Å². The molecule has 1 N–H and O–H groups in total.